The van der Waals surface area contributed by atoms with Gasteiger partial charge in [0.15, 0.2) is 0 Å². The van der Waals surface area contributed by atoms with E-state index in [2.05, 4.69) is 84.9 Å². The number of hydrogen-bond donors (Lipinski definition) is 1. The Balaban J connectivity index is 2.59. The molecule has 0 aliphatic rings. The second-order valence-electron chi connectivity index (χ2n) is 12.2. The van der Waals surface area contributed by atoms with Crippen LogP contribution in [0.15, 0.2) is 42.5 Å². The molecule has 39 heavy (non-hydrogen) atoms. The number of thioether (sulfide) groups is 3. The lowest BCUT2D eigenvalue weighted by Gasteiger charge is -2.36. The SMILES string of the molecule is CCCCCCCCSC(SCC(=O)OC)(SCc1ccccc1)c1cc(C(C)(C)C)c(O)c(C(C)(C)C)c1. The first-order chi connectivity index (χ1) is 18.3. The monoisotopic (exact) mass is 590 g/mol. The fourth-order valence-corrected chi connectivity index (χ4v) is 9.04. The van der Waals surface area contributed by atoms with E-state index in [9.17, 15) is 9.90 Å². The molecule has 1 N–H and O–H groups in total. The summed E-state index contributed by atoms with van der Waals surface area (Å²) in [5, 5.41) is 11.4. The summed E-state index contributed by atoms with van der Waals surface area (Å²) in [5.41, 5.74) is 3.86. The third-order valence-electron chi connectivity index (χ3n) is 6.75. The highest BCUT2D eigenvalue weighted by molar-refractivity contribution is 8.32. The number of benzene rings is 2. The normalized spacial score (nSPS) is 13.7. The zero-order valence-electron chi connectivity index (χ0n) is 25.4. The summed E-state index contributed by atoms with van der Waals surface area (Å²) in [7, 11) is 1.46. The summed E-state index contributed by atoms with van der Waals surface area (Å²) in [4.78, 5) is 12.4. The van der Waals surface area contributed by atoms with Crippen molar-refractivity contribution in [1.82, 2.24) is 0 Å². The van der Waals surface area contributed by atoms with E-state index in [4.69, 9.17) is 4.74 Å². The van der Waals surface area contributed by atoms with Crippen LogP contribution in [0.25, 0.3) is 0 Å². The maximum absolute atomic E-state index is 12.4. The molecule has 3 nitrogen and oxygen atoms in total. The lowest BCUT2D eigenvalue weighted by molar-refractivity contribution is -0.137. The van der Waals surface area contributed by atoms with E-state index in [0.717, 1.165) is 34.6 Å². The van der Waals surface area contributed by atoms with Crippen molar-refractivity contribution < 1.29 is 14.6 Å². The number of aromatic hydroxyl groups is 1. The van der Waals surface area contributed by atoms with Gasteiger partial charge in [-0.2, -0.15) is 0 Å². The number of unbranched alkanes of at least 4 members (excludes halogenated alkanes) is 5. The van der Waals surface area contributed by atoms with Crippen molar-refractivity contribution >= 4 is 41.3 Å². The number of carbonyl (C=O) groups excluding carboxylic acids is 1. The van der Waals surface area contributed by atoms with E-state index in [1.807, 2.05) is 29.6 Å². The summed E-state index contributed by atoms with van der Waals surface area (Å²) >= 11 is 5.48. The Bertz CT molecular complexity index is 990. The number of methoxy groups -OCH3 is 1. The van der Waals surface area contributed by atoms with E-state index in [-0.39, 0.29) is 22.6 Å². The number of carbonyl (C=O) groups is 1. The van der Waals surface area contributed by atoms with Gasteiger partial charge in [0.05, 0.1) is 12.9 Å². The number of phenolic OH excluding ortho intramolecular Hbond substituents is 1. The fourth-order valence-electron chi connectivity index (χ4n) is 4.38. The number of hydrogen-bond acceptors (Lipinski definition) is 6. The van der Waals surface area contributed by atoms with E-state index < -0.39 is 3.41 Å². The third-order valence-corrected chi connectivity index (χ3v) is 12.1. The molecule has 2 rings (SSSR count). The number of rotatable bonds is 15. The molecular formula is C33H50O3S3. The van der Waals surface area contributed by atoms with Crippen molar-refractivity contribution in [2.24, 2.45) is 0 Å². The Kier molecular flexibility index (Phi) is 13.7. The molecule has 0 aliphatic heterocycles. The van der Waals surface area contributed by atoms with Crippen molar-refractivity contribution in [3.05, 3.63) is 64.7 Å². The minimum Gasteiger partial charge on any atom is -0.507 e. The van der Waals surface area contributed by atoms with Gasteiger partial charge in [-0.15, -0.1) is 35.3 Å². The Morgan fingerprint density at radius 3 is 1.92 bits per heavy atom. The first-order valence-electron chi connectivity index (χ1n) is 14.2. The molecule has 0 spiro atoms. The summed E-state index contributed by atoms with van der Waals surface area (Å²) < 4.78 is 4.65. The summed E-state index contributed by atoms with van der Waals surface area (Å²) in [6.07, 6.45) is 7.51. The fraction of sp³-hybridized carbons (Fsp3) is 0.606. The van der Waals surface area contributed by atoms with Crippen LogP contribution >= 0.6 is 35.3 Å². The van der Waals surface area contributed by atoms with E-state index >= 15 is 0 Å². The molecule has 0 aromatic heterocycles. The predicted octanol–water partition coefficient (Wildman–Crippen LogP) is 10.0. The second-order valence-corrected chi connectivity index (χ2v) is 16.7. The van der Waals surface area contributed by atoms with Crippen LogP contribution in [0.1, 0.15) is 109 Å². The van der Waals surface area contributed by atoms with E-state index in [1.165, 1.54) is 44.8 Å². The molecule has 2 aromatic rings. The molecule has 0 aliphatic carbocycles. The average molecular weight is 591 g/mol. The number of ether oxygens (including phenoxy) is 1. The maximum Gasteiger partial charge on any atom is 0.315 e. The molecule has 0 saturated carbocycles. The maximum atomic E-state index is 12.4. The Labute approximate surface area is 251 Å². The second kappa shape index (κ2) is 15.7. The van der Waals surface area contributed by atoms with Crippen molar-refractivity contribution in [3.8, 4) is 5.75 Å². The number of phenols is 1. The zero-order chi connectivity index (χ0) is 29.1. The van der Waals surface area contributed by atoms with Crippen molar-refractivity contribution in [2.45, 2.75) is 107 Å². The minimum atomic E-state index is -0.429. The molecule has 0 bridgehead atoms. The molecule has 6 heteroatoms. The van der Waals surface area contributed by atoms with Gasteiger partial charge in [-0.1, -0.05) is 111 Å². The molecular weight excluding hydrogens is 541 g/mol. The van der Waals surface area contributed by atoms with Crippen molar-refractivity contribution in [3.63, 3.8) is 0 Å². The van der Waals surface area contributed by atoms with Crippen LogP contribution < -0.4 is 0 Å². The van der Waals surface area contributed by atoms with Crippen LogP contribution in [0.4, 0.5) is 0 Å². The van der Waals surface area contributed by atoms with Gasteiger partial charge in [0, 0.05) is 5.75 Å². The summed E-state index contributed by atoms with van der Waals surface area (Å²) in [6.45, 7) is 15.2. The summed E-state index contributed by atoms with van der Waals surface area (Å²) in [6, 6.07) is 14.9. The molecule has 0 heterocycles. The highest BCUT2D eigenvalue weighted by atomic mass is 32.3. The standard InChI is InChI=1S/C33H50O3S3/c1-9-10-11-12-13-17-20-37-33(39-24-29(34)36-8,38-23-25-18-15-14-16-19-25)26-21-27(31(2,3)4)30(35)28(22-26)32(5,6)7/h14-16,18-19,21-22,35H,9-13,17,20,23-24H2,1-8H3. The van der Waals surface area contributed by atoms with Gasteiger partial charge < -0.3 is 9.84 Å². The van der Waals surface area contributed by atoms with Crippen LogP contribution in [-0.4, -0.2) is 29.7 Å². The molecule has 1 unspecified atom stereocenters. The van der Waals surface area contributed by atoms with Crippen LogP contribution in [-0.2, 0) is 29.5 Å². The third kappa shape index (κ3) is 10.6. The van der Waals surface area contributed by atoms with E-state index in [1.54, 1.807) is 11.8 Å². The van der Waals surface area contributed by atoms with Crippen molar-refractivity contribution in [1.29, 1.82) is 0 Å². The van der Waals surface area contributed by atoms with Gasteiger partial charge in [0.1, 0.15) is 9.16 Å². The molecule has 1 atom stereocenters. The van der Waals surface area contributed by atoms with Crippen LogP contribution in [0.2, 0.25) is 0 Å². The van der Waals surface area contributed by atoms with Crippen molar-refractivity contribution in [2.75, 3.05) is 18.6 Å². The first-order valence-corrected chi connectivity index (χ1v) is 17.2. The number of esters is 1. The van der Waals surface area contributed by atoms with Crippen LogP contribution in [0.3, 0.4) is 0 Å². The molecule has 0 amide bonds. The molecule has 0 radical (unpaired) electrons. The molecule has 0 saturated heterocycles. The van der Waals surface area contributed by atoms with E-state index in [0.29, 0.717) is 5.75 Å². The summed E-state index contributed by atoms with van der Waals surface area (Å²) in [5.74, 6) is 2.29. The quantitative estimate of drug-likeness (QED) is 0.126. The topological polar surface area (TPSA) is 46.5 Å². The lowest BCUT2D eigenvalue weighted by atomic mass is 9.78. The smallest absolute Gasteiger partial charge is 0.315 e. The van der Waals surface area contributed by atoms with Gasteiger partial charge in [0.25, 0.3) is 0 Å². The van der Waals surface area contributed by atoms with Gasteiger partial charge in [-0.3, -0.25) is 4.79 Å². The van der Waals surface area contributed by atoms with Gasteiger partial charge in [-0.25, -0.2) is 0 Å². The van der Waals surface area contributed by atoms with Gasteiger partial charge in [-0.05, 0) is 57.4 Å². The highest BCUT2D eigenvalue weighted by Gasteiger charge is 2.38. The largest absolute Gasteiger partial charge is 0.507 e. The van der Waals surface area contributed by atoms with Gasteiger partial charge >= 0.3 is 5.97 Å². The highest BCUT2D eigenvalue weighted by Crippen LogP contribution is 2.58. The Morgan fingerprint density at radius 2 is 1.38 bits per heavy atom. The van der Waals surface area contributed by atoms with Gasteiger partial charge in [0.2, 0.25) is 0 Å². The predicted molar refractivity (Wildman–Crippen MR) is 175 cm³/mol. The minimum absolute atomic E-state index is 0.212. The zero-order valence-corrected chi connectivity index (χ0v) is 27.8. The Morgan fingerprint density at radius 1 is 0.821 bits per heavy atom. The average Bonchev–Trinajstić information content (AvgIpc) is 2.88. The molecule has 2 aromatic carbocycles. The molecule has 0 fully saturated rings. The van der Waals surface area contributed by atoms with Crippen LogP contribution in [0.5, 0.6) is 5.75 Å². The Hall–Kier alpha value is -1.24. The lowest BCUT2D eigenvalue weighted by Crippen LogP contribution is -2.23. The first kappa shape index (κ1) is 34.0. The molecule has 218 valence electrons. The van der Waals surface area contributed by atoms with Crippen LogP contribution in [0, 0.1) is 0 Å².